The first-order valence-electron chi connectivity index (χ1n) is 6.77. The van der Waals surface area contributed by atoms with Crippen LogP contribution in [0.2, 0.25) is 5.15 Å². The van der Waals surface area contributed by atoms with Gasteiger partial charge in [-0.2, -0.15) is 0 Å². The first-order chi connectivity index (χ1) is 10.7. The van der Waals surface area contributed by atoms with Gasteiger partial charge in [0.2, 0.25) is 0 Å². The molecule has 0 aliphatic rings. The molecule has 0 radical (unpaired) electrons. The van der Waals surface area contributed by atoms with E-state index in [9.17, 15) is 0 Å². The summed E-state index contributed by atoms with van der Waals surface area (Å²) in [6, 6.07) is 13.4. The van der Waals surface area contributed by atoms with Gasteiger partial charge in [0.15, 0.2) is 6.29 Å². The number of halogens is 1. The minimum absolute atomic E-state index is 0.378. The number of ether oxygens (including phenoxy) is 2. The van der Waals surface area contributed by atoms with Crippen molar-refractivity contribution in [1.82, 2.24) is 4.98 Å². The predicted molar refractivity (Wildman–Crippen MR) is 88.5 cm³/mol. The number of aromatic nitrogens is 1. The smallest absolute Gasteiger partial charge is 0.176 e. The highest BCUT2D eigenvalue weighted by Gasteiger charge is 2.08. The average molecular weight is 320 g/mol. The molecule has 1 aromatic heterocycles. The molecule has 1 aromatic carbocycles. The quantitative estimate of drug-likeness (QED) is 0.384. The third-order valence-electron chi connectivity index (χ3n) is 2.96. The van der Waals surface area contributed by atoms with Crippen LogP contribution in [0.15, 0.2) is 53.7 Å². The van der Waals surface area contributed by atoms with Gasteiger partial charge in [0.25, 0.3) is 0 Å². The first-order valence-corrected chi connectivity index (χ1v) is 7.14. The van der Waals surface area contributed by atoms with Gasteiger partial charge in [0, 0.05) is 31.7 Å². The lowest BCUT2D eigenvalue weighted by molar-refractivity contribution is -0.0936. The summed E-state index contributed by atoms with van der Waals surface area (Å²) < 4.78 is 10.3. The molecular formula is C16H18ClN3O2. The van der Waals surface area contributed by atoms with Crippen molar-refractivity contribution in [3.05, 3.63) is 59.4 Å². The molecule has 0 fully saturated rings. The molecule has 0 bridgehead atoms. The van der Waals surface area contributed by atoms with Crippen LogP contribution in [0.1, 0.15) is 5.56 Å². The van der Waals surface area contributed by atoms with E-state index in [2.05, 4.69) is 15.3 Å². The van der Waals surface area contributed by atoms with Crippen LogP contribution in [-0.4, -0.2) is 37.9 Å². The Balaban J connectivity index is 2.23. The van der Waals surface area contributed by atoms with Gasteiger partial charge >= 0.3 is 0 Å². The lowest BCUT2D eigenvalue weighted by atomic mass is 10.2. The fraction of sp³-hybridized carbons (Fsp3) is 0.250. The second-order valence-corrected chi connectivity index (χ2v) is 4.84. The number of pyridine rings is 1. The molecule has 116 valence electrons. The molecule has 0 spiro atoms. The van der Waals surface area contributed by atoms with Gasteiger partial charge < -0.3 is 14.8 Å². The Bertz CT molecular complexity index is 616. The van der Waals surface area contributed by atoms with Crippen molar-refractivity contribution in [2.24, 2.45) is 4.99 Å². The third kappa shape index (κ3) is 4.80. The molecule has 2 rings (SSSR count). The molecule has 0 saturated carbocycles. The Hall–Kier alpha value is -1.95. The molecule has 0 aliphatic carbocycles. The second-order valence-electron chi connectivity index (χ2n) is 4.45. The largest absolute Gasteiger partial charge is 0.354 e. The number of hydrogen-bond acceptors (Lipinski definition) is 4. The molecule has 0 saturated heterocycles. The molecule has 1 heterocycles. The zero-order chi connectivity index (χ0) is 15.8. The van der Waals surface area contributed by atoms with Crippen LogP contribution in [0.4, 0.5) is 5.69 Å². The van der Waals surface area contributed by atoms with E-state index in [1.807, 2.05) is 36.4 Å². The fourth-order valence-electron chi connectivity index (χ4n) is 1.83. The number of aliphatic imine (C=N–C) groups is 1. The van der Waals surface area contributed by atoms with Crippen molar-refractivity contribution in [3.63, 3.8) is 0 Å². The van der Waals surface area contributed by atoms with Crippen LogP contribution in [0.3, 0.4) is 0 Å². The van der Waals surface area contributed by atoms with Crippen molar-refractivity contribution in [2.75, 3.05) is 26.1 Å². The number of amidine groups is 1. The van der Waals surface area contributed by atoms with Crippen LogP contribution in [0.5, 0.6) is 0 Å². The van der Waals surface area contributed by atoms with Crippen molar-refractivity contribution in [3.8, 4) is 0 Å². The highest BCUT2D eigenvalue weighted by Crippen LogP contribution is 2.14. The molecule has 0 atom stereocenters. The highest BCUT2D eigenvalue weighted by atomic mass is 35.5. The maximum atomic E-state index is 5.92. The van der Waals surface area contributed by atoms with E-state index in [0.29, 0.717) is 17.5 Å². The monoisotopic (exact) mass is 319 g/mol. The van der Waals surface area contributed by atoms with E-state index >= 15 is 0 Å². The molecular weight excluding hydrogens is 302 g/mol. The minimum Gasteiger partial charge on any atom is -0.354 e. The van der Waals surface area contributed by atoms with Gasteiger partial charge in [0.05, 0.1) is 6.54 Å². The number of nitrogens with one attached hydrogen (secondary N) is 1. The van der Waals surface area contributed by atoms with E-state index in [4.69, 9.17) is 21.1 Å². The van der Waals surface area contributed by atoms with Gasteiger partial charge in [-0.3, -0.25) is 4.99 Å². The van der Waals surface area contributed by atoms with Crippen LogP contribution in [-0.2, 0) is 9.47 Å². The molecule has 6 heteroatoms. The molecule has 0 aliphatic heterocycles. The summed E-state index contributed by atoms with van der Waals surface area (Å²) in [4.78, 5) is 8.52. The second kappa shape index (κ2) is 8.48. The molecule has 0 unspecified atom stereocenters. The molecule has 5 nitrogen and oxygen atoms in total. The molecule has 22 heavy (non-hydrogen) atoms. The first kappa shape index (κ1) is 16.4. The molecule has 2 aromatic rings. The summed E-state index contributed by atoms with van der Waals surface area (Å²) in [5.74, 6) is 0.710. The van der Waals surface area contributed by atoms with Gasteiger partial charge in [0.1, 0.15) is 11.0 Å². The molecule has 1 N–H and O–H groups in total. The van der Waals surface area contributed by atoms with Crippen molar-refractivity contribution in [2.45, 2.75) is 6.29 Å². The summed E-state index contributed by atoms with van der Waals surface area (Å²) in [5, 5.41) is 3.67. The van der Waals surface area contributed by atoms with Crippen molar-refractivity contribution >= 4 is 23.1 Å². The summed E-state index contributed by atoms with van der Waals surface area (Å²) in [6.45, 7) is 0.378. The average Bonchev–Trinajstić information content (AvgIpc) is 2.55. The van der Waals surface area contributed by atoms with Crippen LogP contribution < -0.4 is 5.32 Å². The van der Waals surface area contributed by atoms with Crippen LogP contribution >= 0.6 is 11.6 Å². The minimum atomic E-state index is -0.387. The normalized spacial score (nSPS) is 11.7. The Kier molecular flexibility index (Phi) is 6.33. The number of nitrogens with zero attached hydrogens (tertiary/aromatic N) is 2. The van der Waals surface area contributed by atoms with Gasteiger partial charge in [-0.25, -0.2) is 4.98 Å². The fourth-order valence-corrected chi connectivity index (χ4v) is 2.00. The van der Waals surface area contributed by atoms with E-state index in [1.165, 1.54) is 0 Å². The van der Waals surface area contributed by atoms with Gasteiger partial charge in [-0.15, -0.1) is 0 Å². The van der Waals surface area contributed by atoms with E-state index in [0.717, 1.165) is 11.3 Å². The third-order valence-corrected chi connectivity index (χ3v) is 3.17. The standard InChI is InChI=1S/C16H18ClN3O2/c1-21-15(22-2)11-19-16(12-6-4-3-5-7-12)20-13-8-9-18-14(17)10-13/h3-10,15H,11H2,1-2H3,(H,18,19,20). The summed E-state index contributed by atoms with van der Waals surface area (Å²) in [7, 11) is 3.17. The summed E-state index contributed by atoms with van der Waals surface area (Å²) in [6.07, 6.45) is 1.25. The van der Waals surface area contributed by atoms with Crippen molar-refractivity contribution in [1.29, 1.82) is 0 Å². The van der Waals surface area contributed by atoms with Crippen molar-refractivity contribution < 1.29 is 9.47 Å². The summed E-state index contributed by atoms with van der Waals surface area (Å²) >= 11 is 5.92. The zero-order valence-electron chi connectivity index (χ0n) is 12.5. The maximum Gasteiger partial charge on any atom is 0.176 e. The highest BCUT2D eigenvalue weighted by molar-refractivity contribution is 6.29. The number of methoxy groups -OCH3 is 2. The number of benzene rings is 1. The summed E-state index contributed by atoms with van der Waals surface area (Å²) in [5.41, 5.74) is 1.77. The lowest BCUT2D eigenvalue weighted by Gasteiger charge is -2.14. The Morgan fingerprint density at radius 3 is 2.59 bits per heavy atom. The van der Waals surface area contributed by atoms with Crippen LogP contribution in [0.25, 0.3) is 0 Å². The topological polar surface area (TPSA) is 55.7 Å². The number of hydrogen-bond donors (Lipinski definition) is 1. The van der Waals surface area contributed by atoms with E-state index < -0.39 is 0 Å². The SMILES string of the molecule is COC(CN=C(Nc1ccnc(Cl)c1)c1ccccc1)OC. The van der Waals surface area contributed by atoms with Gasteiger partial charge in [-0.1, -0.05) is 41.9 Å². The zero-order valence-corrected chi connectivity index (χ0v) is 13.2. The Morgan fingerprint density at radius 1 is 1.23 bits per heavy atom. The Labute approximate surface area is 135 Å². The van der Waals surface area contributed by atoms with E-state index in [-0.39, 0.29) is 6.29 Å². The van der Waals surface area contributed by atoms with Crippen LogP contribution in [0, 0.1) is 0 Å². The van der Waals surface area contributed by atoms with Gasteiger partial charge in [-0.05, 0) is 12.1 Å². The molecule has 0 amide bonds. The number of anilines is 1. The predicted octanol–water partition coefficient (Wildman–Crippen LogP) is 3.21. The maximum absolute atomic E-state index is 5.92. The van der Waals surface area contributed by atoms with E-state index in [1.54, 1.807) is 26.5 Å². The number of rotatable bonds is 6. The lowest BCUT2D eigenvalue weighted by Crippen LogP contribution is -2.21. The Morgan fingerprint density at radius 2 is 1.95 bits per heavy atom.